The molecular weight excluding hydrogens is 364 g/mol. The minimum atomic E-state index is -3.59. The van der Waals surface area contributed by atoms with Crippen molar-refractivity contribution in [2.24, 2.45) is 0 Å². The molecule has 144 valence electrons. The van der Waals surface area contributed by atoms with Gasteiger partial charge < -0.3 is 9.64 Å². The van der Waals surface area contributed by atoms with Crippen LogP contribution in [0, 0.1) is 0 Å². The van der Waals surface area contributed by atoms with Crippen LogP contribution in [0.1, 0.15) is 28.8 Å². The zero-order valence-electron chi connectivity index (χ0n) is 15.3. The van der Waals surface area contributed by atoms with E-state index in [2.05, 4.69) is 4.72 Å². The van der Waals surface area contributed by atoms with Gasteiger partial charge in [-0.05, 0) is 55.2 Å². The van der Waals surface area contributed by atoms with E-state index in [9.17, 15) is 13.2 Å². The summed E-state index contributed by atoms with van der Waals surface area (Å²) in [5, 5.41) is 0. The molecule has 1 aliphatic heterocycles. The molecule has 2 aromatic carbocycles. The Morgan fingerprint density at radius 2 is 1.89 bits per heavy atom. The number of nitrogens with one attached hydrogen (secondary N) is 1. The fourth-order valence-corrected chi connectivity index (χ4v) is 4.26. The van der Waals surface area contributed by atoms with E-state index in [4.69, 9.17) is 4.74 Å². The third-order valence-corrected chi connectivity index (χ3v) is 6.06. The molecule has 27 heavy (non-hydrogen) atoms. The van der Waals surface area contributed by atoms with Gasteiger partial charge in [0.15, 0.2) is 0 Å². The Hall–Kier alpha value is -2.22. The summed E-state index contributed by atoms with van der Waals surface area (Å²) in [6.07, 6.45) is 2.48. The number of rotatable bonds is 7. The summed E-state index contributed by atoms with van der Waals surface area (Å²) in [4.78, 5) is 14.8. The number of para-hydroxylation sites is 1. The average molecular weight is 388 g/mol. The minimum absolute atomic E-state index is 0.112. The summed E-state index contributed by atoms with van der Waals surface area (Å²) in [6.45, 7) is 1.46. The van der Waals surface area contributed by atoms with Gasteiger partial charge in [-0.2, -0.15) is 0 Å². The number of hydrogen-bond donors (Lipinski definition) is 1. The molecule has 0 saturated heterocycles. The lowest BCUT2D eigenvalue weighted by atomic mass is 10.0. The number of sulfonamides is 1. The molecular formula is C20H24N2O4S. The standard InChI is InChI=1S/C20H24N2O4S/c1-26-15-5-13-21-27(24,25)18-11-9-17(10-12-18)20(23)22-14-4-7-16-6-2-3-8-19(16)22/h2-3,6,8-12,21H,4-5,7,13-15H2,1H3. The molecule has 0 saturated carbocycles. The predicted octanol–water partition coefficient (Wildman–Crippen LogP) is 2.59. The Bertz CT molecular complexity index is 894. The van der Waals surface area contributed by atoms with Crippen LogP contribution in [0.2, 0.25) is 0 Å². The van der Waals surface area contributed by atoms with Gasteiger partial charge in [-0.3, -0.25) is 4.79 Å². The number of hydrogen-bond acceptors (Lipinski definition) is 4. The lowest BCUT2D eigenvalue weighted by Gasteiger charge is -2.29. The number of carbonyl (C=O) groups excluding carboxylic acids is 1. The van der Waals surface area contributed by atoms with E-state index in [0.29, 0.717) is 31.7 Å². The Labute approximate surface area is 160 Å². The summed E-state index contributed by atoms with van der Waals surface area (Å²) >= 11 is 0. The Morgan fingerprint density at radius 1 is 1.15 bits per heavy atom. The lowest BCUT2D eigenvalue weighted by Crippen LogP contribution is -2.35. The number of aryl methyl sites for hydroxylation is 1. The molecule has 6 nitrogen and oxygen atoms in total. The van der Waals surface area contributed by atoms with Crippen LogP contribution in [0.15, 0.2) is 53.4 Å². The first kappa shape index (κ1) is 19.5. The van der Waals surface area contributed by atoms with Crippen LogP contribution in [0.5, 0.6) is 0 Å². The molecule has 1 heterocycles. The van der Waals surface area contributed by atoms with E-state index in [1.54, 1.807) is 24.1 Å². The van der Waals surface area contributed by atoms with Crippen molar-refractivity contribution in [3.63, 3.8) is 0 Å². The minimum Gasteiger partial charge on any atom is -0.385 e. The first-order chi connectivity index (χ1) is 13.0. The highest BCUT2D eigenvalue weighted by atomic mass is 32.2. The highest BCUT2D eigenvalue weighted by Crippen LogP contribution is 2.28. The van der Waals surface area contributed by atoms with Crippen LogP contribution in [-0.4, -0.2) is 41.1 Å². The van der Waals surface area contributed by atoms with Gasteiger partial charge in [-0.15, -0.1) is 0 Å². The number of ether oxygens (including phenoxy) is 1. The van der Waals surface area contributed by atoms with E-state index in [-0.39, 0.29) is 10.8 Å². The van der Waals surface area contributed by atoms with Gasteiger partial charge in [0, 0.05) is 38.1 Å². The second kappa shape index (κ2) is 8.65. The van der Waals surface area contributed by atoms with Crippen molar-refractivity contribution in [2.45, 2.75) is 24.2 Å². The third-order valence-electron chi connectivity index (χ3n) is 4.58. The van der Waals surface area contributed by atoms with Crippen LogP contribution in [0.4, 0.5) is 5.69 Å². The highest BCUT2D eigenvalue weighted by Gasteiger charge is 2.23. The monoisotopic (exact) mass is 388 g/mol. The van der Waals surface area contributed by atoms with Crippen molar-refractivity contribution in [2.75, 3.05) is 31.7 Å². The summed E-state index contributed by atoms with van der Waals surface area (Å²) in [5.41, 5.74) is 2.58. The highest BCUT2D eigenvalue weighted by molar-refractivity contribution is 7.89. The predicted molar refractivity (Wildman–Crippen MR) is 105 cm³/mol. The number of nitrogens with zero attached hydrogens (tertiary/aromatic N) is 1. The lowest BCUT2D eigenvalue weighted by molar-refractivity contribution is 0.0985. The van der Waals surface area contributed by atoms with Crippen molar-refractivity contribution < 1.29 is 17.9 Å². The van der Waals surface area contributed by atoms with E-state index < -0.39 is 10.0 Å². The second-order valence-corrected chi connectivity index (χ2v) is 8.22. The number of methoxy groups -OCH3 is 1. The SMILES string of the molecule is COCCCNS(=O)(=O)c1ccc(C(=O)N2CCCc3ccccc32)cc1. The number of anilines is 1. The maximum absolute atomic E-state index is 12.9. The molecule has 0 radical (unpaired) electrons. The molecule has 7 heteroatoms. The summed E-state index contributed by atoms with van der Waals surface area (Å²) in [5.74, 6) is -0.112. The molecule has 0 unspecified atom stereocenters. The van der Waals surface area contributed by atoms with E-state index >= 15 is 0 Å². The normalized spacial score (nSPS) is 14.0. The molecule has 0 atom stereocenters. The molecule has 1 N–H and O–H groups in total. The fourth-order valence-electron chi connectivity index (χ4n) is 3.18. The van der Waals surface area contributed by atoms with Gasteiger partial charge in [0.2, 0.25) is 10.0 Å². The van der Waals surface area contributed by atoms with Crippen molar-refractivity contribution in [3.8, 4) is 0 Å². The molecule has 0 aliphatic carbocycles. The molecule has 1 amide bonds. The first-order valence-electron chi connectivity index (χ1n) is 9.01. The number of carbonyl (C=O) groups is 1. The van der Waals surface area contributed by atoms with Gasteiger partial charge in [0.05, 0.1) is 4.90 Å². The zero-order valence-corrected chi connectivity index (χ0v) is 16.2. The molecule has 0 fully saturated rings. The summed E-state index contributed by atoms with van der Waals surface area (Å²) in [6, 6.07) is 14.0. The molecule has 0 bridgehead atoms. The van der Waals surface area contributed by atoms with Crippen molar-refractivity contribution in [3.05, 3.63) is 59.7 Å². The van der Waals surface area contributed by atoms with Gasteiger partial charge in [0.25, 0.3) is 5.91 Å². The molecule has 1 aliphatic rings. The molecule has 3 rings (SSSR count). The van der Waals surface area contributed by atoms with Crippen molar-refractivity contribution in [1.82, 2.24) is 4.72 Å². The summed E-state index contributed by atoms with van der Waals surface area (Å²) in [7, 11) is -2.01. The number of fused-ring (bicyclic) bond motifs is 1. The van der Waals surface area contributed by atoms with E-state index in [1.807, 2.05) is 24.3 Å². The first-order valence-corrected chi connectivity index (χ1v) is 10.5. The van der Waals surface area contributed by atoms with Gasteiger partial charge in [-0.1, -0.05) is 18.2 Å². The number of benzene rings is 2. The van der Waals surface area contributed by atoms with E-state index in [1.165, 1.54) is 12.1 Å². The number of amides is 1. The summed E-state index contributed by atoms with van der Waals surface area (Å²) < 4.78 is 32.0. The Balaban J connectivity index is 1.73. The van der Waals surface area contributed by atoms with Crippen LogP contribution >= 0.6 is 0 Å². The van der Waals surface area contributed by atoms with Crippen LogP contribution in [0.25, 0.3) is 0 Å². The Morgan fingerprint density at radius 3 is 2.63 bits per heavy atom. The average Bonchev–Trinajstić information content (AvgIpc) is 2.70. The van der Waals surface area contributed by atoms with Gasteiger partial charge >= 0.3 is 0 Å². The second-order valence-electron chi connectivity index (χ2n) is 6.46. The molecule has 0 spiro atoms. The van der Waals surface area contributed by atoms with E-state index in [0.717, 1.165) is 24.1 Å². The van der Waals surface area contributed by atoms with Gasteiger partial charge in [0.1, 0.15) is 0 Å². The van der Waals surface area contributed by atoms with Crippen LogP contribution in [0.3, 0.4) is 0 Å². The Kier molecular flexibility index (Phi) is 6.26. The van der Waals surface area contributed by atoms with Crippen molar-refractivity contribution in [1.29, 1.82) is 0 Å². The zero-order chi connectivity index (χ0) is 19.3. The van der Waals surface area contributed by atoms with Crippen molar-refractivity contribution >= 4 is 21.6 Å². The topological polar surface area (TPSA) is 75.7 Å². The quantitative estimate of drug-likeness (QED) is 0.740. The maximum atomic E-state index is 12.9. The van der Waals surface area contributed by atoms with Crippen LogP contribution < -0.4 is 9.62 Å². The molecule has 2 aromatic rings. The largest absolute Gasteiger partial charge is 0.385 e. The third kappa shape index (κ3) is 4.55. The smallest absolute Gasteiger partial charge is 0.258 e. The fraction of sp³-hybridized carbons (Fsp3) is 0.350. The van der Waals surface area contributed by atoms with Crippen LogP contribution in [-0.2, 0) is 21.2 Å². The van der Waals surface area contributed by atoms with Gasteiger partial charge in [-0.25, -0.2) is 13.1 Å². The molecule has 0 aromatic heterocycles. The maximum Gasteiger partial charge on any atom is 0.258 e.